The molecule has 0 saturated carbocycles. The van der Waals surface area contributed by atoms with Crippen LogP contribution in [0.1, 0.15) is 23.3 Å². The molecular weight excluding hydrogens is 271 g/mol. The predicted octanol–water partition coefficient (Wildman–Crippen LogP) is 3.76. The minimum absolute atomic E-state index is 0.590. The number of halogens is 2. The van der Waals surface area contributed by atoms with Crippen LogP contribution < -0.4 is 0 Å². The third-order valence-corrected chi connectivity index (χ3v) is 3.23. The second-order valence-electron chi connectivity index (χ2n) is 3.99. The number of aliphatic hydroxyl groups is 2. The molecule has 18 heavy (non-hydrogen) atoms. The van der Waals surface area contributed by atoms with E-state index in [1.165, 1.54) is 0 Å². The van der Waals surface area contributed by atoms with Gasteiger partial charge in [0.25, 0.3) is 0 Å². The molecule has 4 heteroatoms. The summed E-state index contributed by atoms with van der Waals surface area (Å²) in [6.07, 6.45) is -1.99. The second-order valence-corrected chi connectivity index (χ2v) is 4.87. The normalized spacial score (nSPS) is 14.2. The molecule has 0 fully saturated rings. The Morgan fingerprint density at radius 1 is 0.611 bits per heavy atom. The fraction of sp³-hybridized carbons (Fsp3) is 0.143. The molecule has 0 heterocycles. The van der Waals surface area contributed by atoms with Crippen LogP contribution in [-0.2, 0) is 0 Å². The van der Waals surface area contributed by atoms with E-state index in [2.05, 4.69) is 0 Å². The second kappa shape index (κ2) is 5.72. The van der Waals surface area contributed by atoms with E-state index < -0.39 is 12.2 Å². The monoisotopic (exact) mass is 282 g/mol. The number of benzene rings is 2. The summed E-state index contributed by atoms with van der Waals surface area (Å²) >= 11 is 11.5. The van der Waals surface area contributed by atoms with Crippen LogP contribution in [0.3, 0.4) is 0 Å². The Balaban J connectivity index is 2.20. The van der Waals surface area contributed by atoms with E-state index in [1.54, 1.807) is 48.5 Å². The van der Waals surface area contributed by atoms with Crippen molar-refractivity contribution in [3.8, 4) is 0 Å². The lowest BCUT2D eigenvalue weighted by Crippen LogP contribution is -2.10. The van der Waals surface area contributed by atoms with Gasteiger partial charge in [-0.1, -0.05) is 47.5 Å². The molecule has 0 radical (unpaired) electrons. The third kappa shape index (κ3) is 3.03. The van der Waals surface area contributed by atoms with Gasteiger partial charge in [-0.3, -0.25) is 0 Å². The van der Waals surface area contributed by atoms with Gasteiger partial charge in [0.2, 0.25) is 0 Å². The number of hydrogen-bond acceptors (Lipinski definition) is 2. The minimum Gasteiger partial charge on any atom is -0.385 e. The lowest BCUT2D eigenvalue weighted by molar-refractivity contribution is 0.0172. The average Bonchev–Trinajstić information content (AvgIpc) is 2.39. The molecule has 0 saturated heterocycles. The number of hydrogen-bond donors (Lipinski definition) is 2. The summed E-state index contributed by atoms with van der Waals surface area (Å²) in [4.78, 5) is 0. The van der Waals surface area contributed by atoms with Crippen molar-refractivity contribution in [1.29, 1.82) is 0 Å². The zero-order chi connectivity index (χ0) is 13.1. The third-order valence-electron chi connectivity index (χ3n) is 2.72. The molecule has 94 valence electrons. The predicted molar refractivity (Wildman–Crippen MR) is 72.8 cm³/mol. The first-order chi connectivity index (χ1) is 8.58. The van der Waals surface area contributed by atoms with Gasteiger partial charge >= 0.3 is 0 Å². The molecule has 0 amide bonds. The zero-order valence-electron chi connectivity index (χ0n) is 9.42. The van der Waals surface area contributed by atoms with Crippen molar-refractivity contribution in [2.24, 2.45) is 0 Å². The summed E-state index contributed by atoms with van der Waals surface area (Å²) < 4.78 is 0. The van der Waals surface area contributed by atoms with Crippen molar-refractivity contribution >= 4 is 23.2 Å². The summed E-state index contributed by atoms with van der Waals surface area (Å²) in [6.45, 7) is 0. The average molecular weight is 283 g/mol. The molecule has 0 aliphatic rings. The summed E-state index contributed by atoms with van der Waals surface area (Å²) in [7, 11) is 0. The van der Waals surface area contributed by atoms with Crippen molar-refractivity contribution in [2.75, 3.05) is 0 Å². The molecule has 2 rings (SSSR count). The molecule has 0 aliphatic carbocycles. The van der Waals surface area contributed by atoms with E-state index in [0.29, 0.717) is 21.2 Å². The number of rotatable bonds is 3. The highest BCUT2D eigenvalue weighted by molar-refractivity contribution is 6.30. The summed E-state index contributed by atoms with van der Waals surface area (Å²) in [5.74, 6) is 0. The highest BCUT2D eigenvalue weighted by Crippen LogP contribution is 2.29. The lowest BCUT2D eigenvalue weighted by Gasteiger charge is -2.18. The summed E-state index contributed by atoms with van der Waals surface area (Å²) in [5.41, 5.74) is 1.23. The topological polar surface area (TPSA) is 40.5 Å². The van der Waals surface area contributed by atoms with Crippen molar-refractivity contribution in [2.45, 2.75) is 12.2 Å². The van der Waals surface area contributed by atoms with Gasteiger partial charge in [0.1, 0.15) is 12.2 Å². The summed E-state index contributed by atoms with van der Waals surface area (Å²) in [6, 6.07) is 13.4. The zero-order valence-corrected chi connectivity index (χ0v) is 10.9. The Morgan fingerprint density at radius 3 is 1.17 bits per heavy atom. The molecule has 0 aliphatic heterocycles. The van der Waals surface area contributed by atoms with Gasteiger partial charge in [0.05, 0.1) is 0 Å². The quantitative estimate of drug-likeness (QED) is 0.900. The Hall–Kier alpha value is -1.06. The van der Waals surface area contributed by atoms with E-state index in [1.807, 2.05) is 0 Å². The largest absolute Gasteiger partial charge is 0.385 e. The molecular formula is C14H12Cl2O2. The van der Waals surface area contributed by atoms with Gasteiger partial charge < -0.3 is 10.2 Å². The van der Waals surface area contributed by atoms with Gasteiger partial charge in [0, 0.05) is 10.0 Å². The maximum absolute atomic E-state index is 10.1. The van der Waals surface area contributed by atoms with Gasteiger partial charge in [0.15, 0.2) is 0 Å². The molecule has 2 aromatic carbocycles. The first-order valence-electron chi connectivity index (χ1n) is 5.45. The molecule has 2 N–H and O–H groups in total. The van der Waals surface area contributed by atoms with Crippen LogP contribution in [0.2, 0.25) is 10.0 Å². The highest BCUT2D eigenvalue weighted by Gasteiger charge is 2.19. The minimum atomic E-state index is -0.997. The van der Waals surface area contributed by atoms with Crippen LogP contribution in [0, 0.1) is 0 Å². The van der Waals surface area contributed by atoms with Crippen LogP contribution >= 0.6 is 23.2 Å². The SMILES string of the molecule is O[C@@H](c1ccc(Cl)cc1)[C@@H](O)c1ccc(Cl)cc1. The Kier molecular flexibility index (Phi) is 4.25. The van der Waals surface area contributed by atoms with Crippen LogP contribution in [-0.4, -0.2) is 10.2 Å². The Labute approximate surface area is 115 Å². The van der Waals surface area contributed by atoms with Crippen LogP contribution in [0.5, 0.6) is 0 Å². The summed E-state index contributed by atoms with van der Waals surface area (Å²) in [5, 5.41) is 21.3. The van der Waals surface area contributed by atoms with E-state index in [9.17, 15) is 10.2 Å². The van der Waals surface area contributed by atoms with Gasteiger partial charge in [-0.05, 0) is 35.4 Å². The molecule has 2 aromatic rings. The smallest absolute Gasteiger partial charge is 0.109 e. The van der Waals surface area contributed by atoms with Crippen molar-refractivity contribution in [3.05, 3.63) is 69.7 Å². The maximum Gasteiger partial charge on any atom is 0.109 e. The van der Waals surface area contributed by atoms with Gasteiger partial charge in [-0.15, -0.1) is 0 Å². The van der Waals surface area contributed by atoms with Crippen molar-refractivity contribution in [1.82, 2.24) is 0 Å². The van der Waals surface area contributed by atoms with Gasteiger partial charge in [-0.25, -0.2) is 0 Å². The first-order valence-corrected chi connectivity index (χ1v) is 6.20. The fourth-order valence-corrected chi connectivity index (χ4v) is 1.94. The molecule has 0 unspecified atom stereocenters. The molecule has 0 aromatic heterocycles. The van der Waals surface area contributed by atoms with Gasteiger partial charge in [-0.2, -0.15) is 0 Å². The lowest BCUT2D eigenvalue weighted by atomic mass is 9.98. The molecule has 0 spiro atoms. The standard InChI is InChI=1S/C14H12Cl2O2/c15-11-5-1-9(2-6-11)13(17)14(18)10-3-7-12(16)8-4-10/h1-8,13-14,17-18H/t13-,14-/m0/s1. The molecule has 0 bridgehead atoms. The Bertz CT molecular complexity index is 459. The van der Waals surface area contributed by atoms with Crippen molar-refractivity contribution < 1.29 is 10.2 Å². The van der Waals surface area contributed by atoms with E-state index in [-0.39, 0.29) is 0 Å². The maximum atomic E-state index is 10.1. The number of aliphatic hydroxyl groups excluding tert-OH is 2. The fourth-order valence-electron chi connectivity index (χ4n) is 1.68. The van der Waals surface area contributed by atoms with E-state index >= 15 is 0 Å². The van der Waals surface area contributed by atoms with E-state index in [4.69, 9.17) is 23.2 Å². The van der Waals surface area contributed by atoms with Crippen molar-refractivity contribution in [3.63, 3.8) is 0 Å². The van der Waals surface area contributed by atoms with E-state index in [0.717, 1.165) is 0 Å². The molecule has 2 atom stereocenters. The Morgan fingerprint density at radius 2 is 0.889 bits per heavy atom. The first kappa shape index (κ1) is 13.4. The molecule has 2 nitrogen and oxygen atoms in total. The van der Waals surface area contributed by atoms with Crippen LogP contribution in [0.15, 0.2) is 48.5 Å². The van der Waals surface area contributed by atoms with Crippen LogP contribution in [0.25, 0.3) is 0 Å². The highest BCUT2D eigenvalue weighted by atomic mass is 35.5. The van der Waals surface area contributed by atoms with Crippen LogP contribution in [0.4, 0.5) is 0 Å².